The lowest BCUT2D eigenvalue weighted by atomic mass is 10.1. The Morgan fingerprint density at radius 3 is 2.88 bits per heavy atom. The third-order valence-electron chi connectivity index (χ3n) is 3.55. The molecule has 0 saturated heterocycles. The van der Waals surface area contributed by atoms with E-state index in [-0.39, 0.29) is 6.04 Å². The second-order valence-electron chi connectivity index (χ2n) is 5.49. The van der Waals surface area contributed by atoms with Crippen LogP contribution in [0.4, 0.5) is 0 Å². The van der Waals surface area contributed by atoms with E-state index in [2.05, 4.69) is 42.0 Å². The molecular weight excluding hydrogens is 208 g/mol. The summed E-state index contributed by atoms with van der Waals surface area (Å²) in [7, 11) is 0. The van der Waals surface area contributed by atoms with Crippen molar-refractivity contribution in [2.45, 2.75) is 38.8 Å². The molecule has 0 radical (unpaired) electrons. The van der Waals surface area contributed by atoms with E-state index < -0.39 is 0 Å². The Kier molecular flexibility index (Phi) is 2.67. The van der Waals surface area contributed by atoms with Crippen LogP contribution in [0.1, 0.15) is 25.3 Å². The largest absolute Gasteiger partial charge is 0.347 e. The summed E-state index contributed by atoms with van der Waals surface area (Å²) in [6.07, 6.45) is 5.99. The zero-order valence-electron chi connectivity index (χ0n) is 10.4. The molecule has 1 saturated carbocycles. The van der Waals surface area contributed by atoms with Gasteiger partial charge in [0.1, 0.15) is 0 Å². The van der Waals surface area contributed by atoms with Crippen LogP contribution in [0.5, 0.6) is 0 Å². The number of aromatic nitrogens is 1. The summed E-state index contributed by atoms with van der Waals surface area (Å²) in [6, 6.07) is 9.18. The second-order valence-corrected chi connectivity index (χ2v) is 5.49. The first-order chi connectivity index (χ1) is 8.22. The molecule has 2 nitrogen and oxygen atoms in total. The molecule has 1 aliphatic carbocycles. The molecule has 1 aromatic heterocycles. The van der Waals surface area contributed by atoms with E-state index in [0.29, 0.717) is 0 Å². The maximum Gasteiger partial charge on any atom is 0.0483 e. The van der Waals surface area contributed by atoms with E-state index in [9.17, 15) is 0 Å². The molecular formula is C15H20N2. The monoisotopic (exact) mass is 228 g/mol. The Balaban J connectivity index is 1.93. The van der Waals surface area contributed by atoms with Gasteiger partial charge in [-0.2, -0.15) is 0 Å². The maximum atomic E-state index is 5.87. The molecule has 2 heteroatoms. The molecule has 1 aliphatic rings. The first kappa shape index (κ1) is 10.8. The van der Waals surface area contributed by atoms with Crippen molar-refractivity contribution in [3.05, 3.63) is 36.0 Å². The van der Waals surface area contributed by atoms with E-state index in [4.69, 9.17) is 5.73 Å². The maximum absolute atomic E-state index is 5.87. The summed E-state index contributed by atoms with van der Waals surface area (Å²) >= 11 is 0. The molecule has 0 bridgehead atoms. The number of nitrogens with zero attached hydrogens (tertiary/aromatic N) is 1. The summed E-state index contributed by atoms with van der Waals surface area (Å²) in [4.78, 5) is 0. The van der Waals surface area contributed by atoms with Crippen molar-refractivity contribution in [1.29, 1.82) is 0 Å². The molecule has 90 valence electrons. The van der Waals surface area contributed by atoms with Crippen LogP contribution >= 0.6 is 0 Å². The molecule has 1 heterocycles. The van der Waals surface area contributed by atoms with Gasteiger partial charge in [-0.25, -0.2) is 0 Å². The molecule has 1 atom stereocenters. The SMILES string of the molecule is CC(N)Cc1ccc2ccn(CC3CC3)c2c1. The minimum absolute atomic E-state index is 0.235. The number of rotatable bonds is 4. The summed E-state index contributed by atoms with van der Waals surface area (Å²) in [5, 5.41) is 1.35. The Morgan fingerprint density at radius 2 is 2.18 bits per heavy atom. The Labute approximate surface area is 102 Å². The van der Waals surface area contributed by atoms with Gasteiger partial charge in [0.05, 0.1) is 0 Å². The van der Waals surface area contributed by atoms with Crippen LogP contribution in [0.3, 0.4) is 0 Å². The van der Waals surface area contributed by atoms with Crippen LogP contribution in [0, 0.1) is 5.92 Å². The van der Waals surface area contributed by atoms with Crippen LogP contribution in [0.2, 0.25) is 0 Å². The zero-order valence-corrected chi connectivity index (χ0v) is 10.4. The third kappa shape index (κ3) is 2.37. The number of hydrogen-bond donors (Lipinski definition) is 1. The minimum atomic E-state index is 0.235. The van der Waals surface area contributed by atoms with Gasteiger partial charge < -0.3 is 10.3 Å². The zero-order chi connectivity index (χ0) is 11.8. The topological polar surface area (TPSA) is 30.9 Å². The van der Waals surface area contributed by atoms with Crippen molar-refractivity contribution >= 4 is 10.9 Å². The average molecular weight is 228 g/mol. The highest BCUT2D eigenvalue weighted by atomic mass is 15.0. The first-order valence-electron chi connectivity index (χ1n) is 6.56. The molecule has 0 amide bonds. The second kappa shape index (κ2) is 4.19. The van der Waals surface area contributed by atoms with Gasteiger partial charge in [0.2, 0.25) is 0 Å². The van der Waals surface area contributed by atoms with Crippen molar-refractivity contribution in [3.8, 4) is 0 Å². The van der Waals surface area contributed by atoms with Crippen molar-refractivity contribution in [1.82, 2.24) is 4.57 Å². The summed E-state index contributed by atoms with van der Waals surface area (Å²) in [5.41, 5.74) is 8.59. The van der Waals surface area contributed by atoms with Crippen molar-refractivity contribution in [2.75, 3.05) is 0 Å². The van der Waals surface area contributed by atoms with Gasteiger partial charge in [0, 0.05) is 24.3 Å². The number of nitrogens with two attached hydrogens (primary N) is 1. The van der Waals surface area contributed by atoms with E-state index in [1.165, 1.54) is 35.9 Å². The van der Waals surface area contributed by atoms with Gasteiger partial charge in [0.15, 0.2) is 0 Å². The fraction of sp³-hybridized carbons (Fsp3) is 0.467. The molecule has 2 N–H and O–H groups in total. The fourth-order valence-electron chi connectivity index (χ4n) is 2.47. The van der Waals surface area contributed by atoms with Gasteiger partial charge in [-0.3, -0.25) is 0 Å². The molecule has 1 fully saturated rings. The predicted molar refractivity (Wildman–Crippen MR) is 72.0 cm³/mol. The van der Waals surface area contributed by atoms with E-state index in [1.54, 1.807) is 0 Å². The van der Waals surface area contributed by atoms with Crippen molar-refractivity contribution in [3.63, 3.8) is 0 Å². The van der Waals surface area contributed by atoms with Crippen LogP contribution < -0.4 is 5.73 Å². The minimum Gasteiger partial charge on any atom is -0.347 e. The lowest BCUT2D eigenvalue weighted by molar-refractivity contribution is 0.647. The van der Waals surface area contributed by atoms with Crippen LogP contribution in [-0.4, -0.2) is 10.6 Å². The van der Waals surface area contributed by atoms with Crippen molar-refractivity contribution in [2.24, 2.45) is 11.7 Å². The molecule has 0 spiro atoms. The van der Waals surface area contributed by atoms with E-state index in [0.717, 1.165) is 12.3 Å². The first-order valence-corrected chi connectivity index (χ1v) is 6.56. The standard InChI is InChI=1S/C15H20N2/c1-11(16)8-13-4-5-14-6-7-17(15(14)9-13)10-12-2-3-12/h4-7,9,11-12H,2-3,8,10,16H2,1H3. The third-order valence-corrected chi connectivity index (χ3v) is 3.55. The summed E-state index contributed by atoms with van der Waals surface area (Å²) in [6.45, 7) is 3.25. The molecule has 2 aromatic rings. The molecule has 3 rings (SSSR count). The van der Waals surface area contributed by atoms with Crippen LogP contribution in [-0.2, 0) is 13.0 Å². The highest BCUT2D eigenvalue weighted by molar-refractivity contribution is 5.80. The quantitative estimate of drug-likeness (QED) is 0.857. The van der Waals surface area contributed by atoms with Crippen molar-refractivity contribution < 1.29 is 0 Å². The lowest BCUT2D eigenvalue weighted by Gasteiger charge is -2.08. The van der Waals surface area contributed by atoms with Crippen LogP contribution in [0.15, 0.2) is 30.5 Å². The number of fused-ring (bicyclic) bond motifs is 1. The molecule has 1 unspecified atom stereocenters. The Bertz CT molecular complexity index is 521. The highest BCUT2D eigenvalue weighted by Crippen LogP contribution is 2.32. The summed E-state index contributed by atoms with van der Waals surface area (Å²) in [5.74, 6) is 0.919. The van der Waals surface area contributed by atoms with Crippen LogP contribution in [0.25, 0.3) is 10.9 Å². The van der Waals surface area contributed by atoms with Gasteiger partial charge in [-0.05, 0) is 55.2 Å². The predicted octanol–water partition coefficient (Wildman–Crippen LogP) is 2.94. The number of hydrogen-bond acceptors (Lipinski definition) is 1. The van der Waals surface area contributed by atoms with Gasteiger partial charge >= 0.3 is 0 Å². The molecule has 17 heavy (non-hydrogen) atoms. The van der Waals surface area contributed by atoms with Gasteiger partial charge in [0.25, 0.3) is 0 Å². The fourth-order valence-corrected chi connectivity index (χ4v) is 2.47. The normalized spacial score (nSPS) is 17.5. The highest BCUT2D eigenvalue weighted by Gasteiger charge is 2.22. The Morgan fingerprint density at radius 1 is 1.35 bits per heavy atom. The van der Waals surface area contributed by atoms with E-state index >= 15 is 0 Å². The van der Waals surface area contributed by atoms with Gasteiger partial charge in [-0.15, -0.1) is 0 Å². The lowest BCUT2D eigenvalue weighted by Crippen LogP contribution is -2.17. The molecule has 1 aromatic carbocycles. The van der Waals surface area contributed by atoms with E-state index in [1.807, 2.05) is 0 Å². The smallest absolute Gasteiger partial charge is 0.0483 e. The number of benzene rings is 1. The summed E-state index contributed by atoms with van der Waals surface area (Å²) < 4.78 is 2.40. The molecule has 0 aliphatic heterocycles. The van der Waals surface area contributed by atoms with Gasteiger partial charge in [-0.1, -0.05) is 12.1 Å². The average Bonchev–Trinajstić information content (AvgIpc) is 3.00. The Hall–Kier alpha value is -1.28.